The molecule has 2 amide bonds. The quantitative estimate of drug-likeness (QED) is 0.0307. The average Bonchev–Trinajstić information content (AvgIpc) is 3.28. The number of allylic oxidation sites excluding steroid dienone is 2. The topological polar surface area (TPSA) is 168 Å². The summed E-state index contributed by atoms with van der Waals surface area (Å²) < 4.78 is 21.2. The van der Waals surface area contributed by atoms with Gasteiger partial charge in [0.1, 0.15) is 0 Å². The molecule has 2 fully saturated rings. The summed E-state index contributed by atoms with van der Waals surface area (Å²) >= 11 is 1.73. The summed E-state index contributed by atoms with van der Waals surface area (Å²) in [6.45, 7) is 36.2. The van der Waals surface area contributed by atoms with Gasteiger partial charge in [-0.25, -0.2) is 9.78 Å². The molecule has 2 atom stereocenters. The van der Waals surface area contributed by atoms with Crippen LogP contribution < -0.4 is 11.1 Å². The van der Waals surface area contributed by atoms with E-state index in [0.717, 1.165) is 63.6 Å². The maximum atomic E-state index is 12.7. The van der Waals surface area contributed by atoms with Gasteiger partial charge in [-0.3, -0.25) is 9.59 Å². The van der Waals surface area contributed by atoms with Gasteiger partial charge < -0.3 is 40.2 Å². The number of hydrogen-bond donors (Lipinski definition) is 4. The average molecular weight is 837 g/mol. The molecule has 2 unspecified atom stereocenters. The molecule has 5 N–H and O–H groups in total. The minimum Gasteiger partial charge on any atom is -0.396 e. The van der Waals surface area contributed by atoms with Crippen molar-refractivity contribution in [3.05, 3.63) is 23.9 Å². The largest absolute Gasteiger partial charge is 0.396 e. The Kier molecular flexibility index (Phi) is 38.1. The number of carbonyl (C=O) groups is 2. The van der Waals surface area contributed by atoms with E-state index in [2.05, 4.69) is 52.2 Å². The van der Waals surface area contributed by atoms with Gasteiger partial charge in [0.2, 0.25) is 12.3 Å². The number of aliphatic hydroxyl groups is 2. The fourth-order valence-electron chi connectivity index (χ4n) is 4.80. The van der Waals surface area contributed by atoms with Crippen LogP contribution in [0.5, 0.6) is 0 Å². The lowest BCUT2D eigenvalue weighted by Crippen LogP contribution is -2.41. The lowest BCUT2D eigenvalue weighted by molar-refractivity contribution is -0.322. The third kappa shape index (κ3) is 35.0. The Balaban J connectivity index is -0.000000770. The molecule has 0 aromatic heterocycles. The van der Waals surface area contributed by atoms with Gasteiger partial charge in [0.15, 0.2) is 0 Å². The number of aliphatic hydroxyl groups excluding tert-OH is 2. The van der Waals surface area contributed by atoms with Gasteiger partial charge in [0.25, 0.3) is 0 Å². The summed E-state index contributed by atoms with van der Waals surface area (Å²) in [6, 6.07) is 0. The molecule has 0 saturated carbocycles. The SMILES string of the molecule is C=C(/C=C(\C)NC(=O)C(C)(C)SC1CCOCC1)C(C)(C)COCCO.CC(CCO)COOC(C)C.CC1OCCOCC1(C)C.CCCCCCC.NC=O. The summed E-state index contributed by atoms with van der Waals surface area (Å²) in [6.07, 6.45) is 12.3. The van der Waals surface area contributed by atoms with Crippen LogP contribution in [-0.4, -0.2) is 111 Å². The van der Waals surface area contributed by atoms with E-state index in [1.165, 1.54) is 32.1 Å². The first-order valence-corrected chi connectivity index (χ1v) is 22.0. The van der Waals surface area contributed by atoms with Crippen molar-refractivity contribution in [3.8, 4) is 0 Å². The van der Waals surface area contributed by atoms with Crippen LogP contribution in [-0.2, 0) is 38.3 Å². The highest BCUT2D eigenvalue weighted by Gasteiger charge is 2.33. The lowest BCUT2D eigenvalue weighted by atomic mass is 9.85. The standard InChI is InChI=1S/C20H35NO4S.C8H18O3.C8H16O2.C7H16.CH3NO/c1-15(19(3,4)14-25-12-9-22)13-16(2)21-18(23)20(5,6)26-17-7-10-24-11-8-17;1-7(2)11-10-6-8(3)4-5-9;1-7-8(2,3)6-9-4-5-10-7;1-3-5-7-6-4-2;2-1-3/h13,17,22H,1,7-12,14H2,2-6H3,(H,21,23);7-9H,4-6H2,1-3H3;7H,4-6H2,1-3H3;3-7H2,1-2H3;1H,(H2,2,3)/b16-13+;;;;. The highest BCUT2D eigenvalue weighted by molar-refractivity contribution is 8.01. The molecule has 2 aliphatic rings. The van der Waals surface area contributed by atoms with Gasteiger partial charge in [-0.15, -0.1) is 11.8 Å². The predicted molar refractivity (Wildman–Crippen MR) is 236 cm³/mol. The summed E-state index contributed by atoms with van der Waals surface area (Å²) in [5.41, 5.74) is 5.73. The van der Waals surface area contributed by atoms with Gasteiger partial charge in [-0.05, 0) is 78.4 Å². The second-order valence-corrected chi connectivity index (χ2v) is 18.6. The Hall–Kier alpha value is -1.55. The van der Waals surface area contributed by atoms with E-state index < -0.39 is 4.75 Å². The van der Waals surface area contributed by atoms with Crippen LogP contribution in [0.1, 0.15) is 141 Å². The Morgan fingerprint density at radius 3 is 2.09 bits per heavy atom. The van der Waals surface area contributed by atoms with Gasteiger partial charge in [-0.1, -0.05) is 87.1 Å². The number of rotatable bonds is 20. The Morgan fingerprint density at radius 1 is 1.00 bits per heavy atom. The second kappa shape index (κ2) is 36.3. The van der Waals surface area contributed by atoms with E-state index in [9.17, 15) is 4.79 Å². The van der Waals surface area contributed by atoms with Gasteiger partial charge >= 0.3 is 0 Å². The van der Waals surface area contributed by atoms with Gasteiger partial charge in [-0.2, -0.15) is 0 Å². The monoisotopic (exact) mass is 837 g/mol. The molecule has 0 aromatic rings. The number of ether oxygens (including phenoxy) is 4. The zero-order chi connectivity index (χ0) is 44.3. The number of thioether (sulfide) groups is 1. The van der Waals surface area contributed by atoms with Crippen LogP contribution in [0.15, 0.2) is 23.9 Å². The molecule has 0 radical (unpaired) electrons. The van der Waals surface area contributed by atoms with Crippen LogP contribution in [0, 0.1) is 16.7 Å². The van der Waals surface area contributed by atoms with E-state index in [1.54, 1.807) is 11.8 Å². The number of hydrogen-bond acceptors (Lipinski definition) is 11. The predicted octanol–water partition coefficient (Wildman–Crippen LogP) is 8.18. The lowest BCUT2D eigenvalue weighted by Gasteiger charge is -2.31. The van der Waals surface area contributed by atoms with E-state index in [-0.39, 0.29) is 42.5 Å². The third-order valence-electron chi connectivity index (χ3n) is 9.06. The number of carbonyl (C=O) groups excluding carboxylic acids is 2. The summed E-state index contributed by atoms with van der Waals surface area (Å²) in [5.74, 6) is 0.364. The minimum absolute atomic E-state index is 0.00452. The molecule has 12 nitrogen and oxygen atoms in total. The first-order chi connectivity index (χ1) is 26.7. The molecule has 13 heteroatoms. The summed E-state index contributed by atoms with van der Waals surface area (Å²) in [5, 5.41) is 20.8. The minimum atomic E-state index is -0.502. The van der Waals surface area contributed by atoms with Crippen molar-refractivity contribution >= 4 is 24.1 Å². The number of nitrogens with one attached hydrogen (secondary N) is 1. The van der Waals surface area contributed by atoms with Gasteiger partial charge in [0, 0.05) is 41.6 Å². The molecular weight excluding hydrogens is 749 g/mol. The maximum Gasteiger partial charge on any atom is 0.239 e. The first kappa shape index (κ1) is 59.8. The van der Waals surface area contributed by atoms with Crippen molar-refractivity contribution in [2.75, 3.05) is 66.1 Å². The molecule has 2 rings (SSSR count). The van der Waals surface area contributed by atoms with E-state index in [1.807, 2.05) is 61.5 Å². The molecule has 0 bridgehead atoms. The van der Waals surface area contributed by atoms with Crippen LogP contribution >= 0.6 is 11.8 Å². The molecule has 0 aliphatic carbocycles. The number of nitrogens with two attached hydrogens (primary N) is 1. The maximum absolute atomic E-state index is 12.7. The third-order valence-corrected chi connectivity index (χ3v) is 10.6. The van der Waals surface area contributed by atoms with Crippen molar-refractivity contribution in [1.29, 1.82) is 0 Å². The van der Waals surface area contributed by atoms with Crippen LogP contribution in [0.25, 0.3) is 0 Å². The molecule has 2 saturated heterocycles. The summed E-state index contributed by atoms with van der Waals surface area (Å²) in [7, 11) is 0. The van der Waals surface area contributed by atoms with E-state index >= 15 is 0 Å². The van der Waals surface area contributed by atoms with Crippen molar-refractivity contribution in [2.24, 2.45) is 22.5 Å². The molecule has 0 aromatic carbocycles. The Labute approximate surface area is 353 Å². The number of primary amides is 1. The highest BCUT2D eigenvalue weighted by atomic mass is 32.2. The fourth-order valence-corrected chi connectivity index (χ4v) is 6.22. The van der Waals surface area contributed by atoms with Crippen LogP contribution in [0.4, 0.5) is 0 Å². The zero-order valence-electron chi connectivity index (χ0n) is 38.5. The van der Waals surface area contributed by atoms with Crippen molar-refractivity contribution in [3.63, 3.8) is 0 Å². The molecule has 2 aliphatic heterocycles. The van der Waals surface area contributed by atoms with Crippen LogP contribution in [0.3, 0.4) is 0 Å². The Bertz CT molecular complexity index is 1010. The number of unbranched alkanes of at least 4 members (excludes halogenated alkanes) is 4. The van der Waals surface area contributed by atoms with Crippen molar-refractivity contribution in [2.45, 2.75) is 164 Å². The molecular formula is C44H88N2O10S. The Morgan fingerprint density at radius 2 is 1.58 bits per heavy atom. The second-order valence-electron chi connectivity index (χ2n) is 16.7. The van der Waals surface area contributed by atoms with Crippen molar-refractivity contribution < 1.29 is 48.5 Å². The fraction of sp³-hybridized carbons (Fsp3) is 0.864. The molecule has 340 valence electrons. The molecule has 2 heterocycles. The highest BCUT2D eigenvalue weighted by Crippen LogP contribution is 2.34. The smallest absolute Gasteiger partial charge is 0.239 e. The van der Waals surface area contributed by atoms with Gasteiger partial charge in [0.05, 0.1) is 63.2 Å². The molecule has 57 heavy (non-hydrogen) atoms. The molecule has 0 spiro atoms. The summed E-state index contributed by atoms with van der Waals surface area (Å²) in [4.78, 5) is 31.1. The number of amides is 2. The zero-order valence-corrected chi connectivity index (χ0v) is 39.4. The first-order valence-electron chi connectivity index (χ1n) is 21.1. The normalized spacial score (nSPS) is 17.8. The van der Waals surface area contributed by atoms with Crippen LogP contribution in [0.2, 0.25) is 0 Å². The van der Waals surface area contributed by atoms with E-state index in [4.69, 9.17) is 43.7 Å². The van der Waals surface area contributed by atoms with E-state index in [0.29, 0.717) is 37.1 Å². The van der Waals surface area contributed by atoms with Crippen molar-refractivity contribution in [1.82, 2.24) is 5.32 Å².